The lowest BCUT2D eigenvalue weighted by Gasteiger charge is -1.93. The van der Waals surface area contributed by atoms with E-state index < -0.39 is 5.91 Å². The second kappa shape index (κ2) is 3.79. The summed E-state index contributed by atoms with van der Waals surface area (Å²) < 4.78 is 1.66. The van der Waals surface area contributed by atoms with Crippen LogP contribution in [-0.2, 0) is 0 Å². The Balaban J connectivity index is 2.46. The first-order chi connectivity index (χ1) is 7.27. The van der Waals surface area contributed by atoms with E-state index in [-0.39, 0.29) is 5.82 Å². The molecule has 74 valence electrons. The van der Waals surface area contributed by atoms with Crippen molar-refractivity contribution in [3.05, 3.63) is 42.7 Å². The van der Waals surface area contributed by atoms with Crippen LogP contribution in [0.3, 0.4) is 0 Å². The summed E-state index contributed by atoms with van der Waals surface area (Å²) in [4.78, 5) is 22.3. The third-order valence-electron chi connectivity index (χ3n) is 1.73. The molecule has 0 bridgehead atoms. The number of aromatic nitrogens is 4. The summed E-state index contributed by atoms with van der Waals surface area (Å²) >= 11 is 0. The van der Waals surface area contributed by atoms with Gasteiger partial charge in [0, 0.05) is 0 Å². The van der Waals surface area contributed by atoms with Gasteiger partial charge in [-0.15, -0.1) is 0 Å². The number of pyridine rings is 1. The number of nitrogens with two attached hydrogens (primary N) is 1. The van der Waals surface area contributed by atoms with Gasteiger partial charge in [0.05, 0.1) is 12.4 Å². The Hall–Kier alpha value is -2.37. The predicted molar refractivity (Wildman–Crippen MR) is 49.9 cm³/mol. The maximum absolute atomic E-state index is 10.8. The Labute approximate surface area is 85.4 Å². The minimum Gasteiger partial charge on any atom is -0.362 e. The van der Waals surface area contributed by atoms with Gasteiger partial charge < -0.3 is 5.73 Å². The van der Waals surface area contributed by atoms with E-state index >= 15 is 0 Å². The molecule has 0 saturated heterocycles. The highest BCUT2D eigenvalue weighted by Crippen LogP contribution is 1.90. The maximum Gasteiger partial charge on any atom is 0.441 e. The molecule has 2 aromatic rings. The molecule has 0 unspecified atom stereocenters. The Morgan fingerprint density at radius 3 is 2.60 bits per heavy atom. The van der Waals surface area contributed by atoms with E-state index in [1.807, 2.05) is 18.2 Å². The lowest BCUT2D eigenvalue weighted by atomic mass is 10.5. The molecule has 0 aliphatic heterocycles. The molecule has 0 aliphatic rings. The smallest absolute Gasteiger partial charge is 0.362 e. The van der Waals surface area contributed by atoms with Gasteiger partial charge >= 0.3 is 11.9 Å². The first-order valence-corrected chi connectivity index (χ1v) is 4.23. The molecule has 0 aromatic carbocycles. The van der Waals surface area contributed by atoms with Gasteiger partial charge in [-0.25, -0.2) is 4.57 Å². The third-order valence-corrected chi connectivity index (χ3v) is 1.73. The van der Waals surface area contributed by atoms with Gasteiger partial charge in [-0.3, -0.25) is 4.79 Å². The summed E-state index contributed by atoms with van der Waals surface area (Å²) in [6.07, 6.45) is 4.78. The zero-order chi connectivity index (χ0) is 10.7. The van der Waals surface area contributed by atoms with Crippen LogP contribution in [0, 0.1) is 0 Å². The fourth-order valence-electron chi connectivity index (χ4n) is 1.06. The van der Waals surface area contributed by atoms with Gasteiger partial charge in [0.15, 0.2) is 6.33 Å². The van der Waals surface area contributed by atoms with Crippen LogP contribution in [0.4, 0.5) is 0 Å². The molecule has 6 nitrogen and oxygen atoms in total. The molecule has 0 fully saturated rings. The first kappa shape index (κ1) is 9.20. The van der Waals surface area contributed by atoms with Crippen LogP contribution in [0.2, 0.25) is 0 Å². The van der Waals surface area contributed by atoms with Crippen molar-refractivity contribution >= 4 is 5.91 Å². The van der Waals surface area contributed by atoms with E-state index in [9.17, 15) is 4.79 Å². The monoisotopic (exact) mass is 202 g/mol. The van der Waals surface area contributed by atoms with Crippen molar-refractivity contribution < 1.29 is 9.36 Å². The number of nitrogens with zero attached hydrogens (tertiary/aromatic N) is 4. The summed E-state index contributed by atoms with van der Waals surface area (Å²) in [5, 5.41) is 0. The summed E-state index contributed by atoms with van der Waals surface area (Å²) in [5.41, 5.74) is 5.06. The SMILES string of the molecule is NC(=O)c1ncnc(-[n+]2ccccc2)n1. The lowest BCUT2D eigenvalue weighted by Crippen LogP contribution is -2.33. The number of hydrogen-bond acceptors (Lipinski definition) is 4. The highest BCUT2D eigenvalue weighted by Gasteiger charge is 2.15. The fraction of sp³-hybridized carbons (Fsp3) is 0. The van der Waals surface area contributed by atoms with Crippen LogP contribution in [0.15, 0.2) is 36.9 Å². The van der Waals surface area contributed by atoms with E-state index in [2.05, 4.69) is 15.0 Å². The van der Waals surface area contributed by atoms with E-state index in [1.54, 1.807) is 17.0 Å². The molecule has 2 rings (SSSR count). The van der Waals surface area contributed by atoms with Gasteiger partial charge in [-0.1, -0.05) is 11.1 Å². The predicted octanol–water partition coefficient (Wildman–Crippen LogP) is -0.753. The van der Waals surface area contributed by atoms with Crippen LogP contribution >= 0.6 is 0 Å². The summed E-state index contributed by atoms with van der Waals surface area (Å²) in [5.74, 6) is -0.356. The molecule has 2 heterocycles. The zero-order valence-electron chi connectivity index (χ0n) is 7.74. The maximum atomic E-state index is 10.8. The minimum atomic E-state index is -0.671. The number of carbonyl (C=O) groups is 1. The Morgan fingerprint density at radius 1 is 1.20 bits per heavy atom. The van der Waals surface area contributed by atoms with Crippen molar-refractivity contribution in [2.75, 3.05) is 0 Å². The van der Waals surface area contributed by atoms with E-state index in [0.717, 1.165) is 0 Å². The summed E-state index contributed by atoms with van der Waals surface area (Å²) in [7, 11) is 0. The third kappa shape index (κ3) is 1.93. The van der Waals surface area contributed by atoms with E-state index in [1.165, 1.54) is 6.33 Å². The Kier molecular flexibility index (Phi) is 2.32. The molecule has 0 saturated carbocycles. The molecule has 1 amide bonds. The molecule has 0 spiro atoms. The topological polar surface area (TPSA) is 85.6 Å². The molecule has 2 aromatic heterocycles. The second-order valence-electron chi connectivity index (χ2n) is 2.76. The highest BCUT2D eigenvalue weighted by molar-refractivity contribution is 5.88. The number of amides is 1. The van der Waals surface area contributed by atoms with E-state index in [4.69, 9.17) is 5.73 Å². The zero-order valence-corrected chi connectivity index (χ0v) is 7.74. The van der Waals surface area contributed by atoms with Crippen molar-refractivity contribution in [1.29, 1.82) is 0 Å². The standard InChI is InChI=1S/C9H7N5O/c10-7(15)8-11-6-12-9(13-8)14-4-2-1-3-5-14/h1-6H,(H-,10,15)/p+1. The molecular formula is C9H8N5O+. The average Bonchev–Trinajstić information content (AvgIpc) is 2.30. The largest absolute Gasteiger partial charge is 0.441 e. The van der Waals surface area contributed by atoms with Crippen molar-refractivity contribution in [3.63, 3.8) is 0 Å². The van der Waals surface area contributed by atoms with E-state index in [0.29, 0.717) is 5.95 Å². The van der Waals surface area contributed by atoms with Gasteiger partial charge in [0.25, 0.3) is 5.82 Å². The minimum absolute atomic E-state index is 0.0450. The van der Waals surface area contributed by atoms with Crippen LogP contribution in [0.25, 0.3) is 5.95 Å². The van der Waals surface area contributed by atoms with Crippen LogP contribution in [-0.4, -0.2) is 20.9 Å². The second-order valence-corrected chi connectivity index (χ2v) is 2.76. The number of primary amides is 1. The van der Waals surface area contributed by atoms with Crippen LogP contribution in [0.1, 0.15) is 10.6 Å². The van der Waals surface area contributed by atoms with Gasteiger partial charge in [0.1, 0.15) is 0 Å². The normalized spacial score (nSPS) is 9.87. The quantitative estimate of drug-likeness (QED) is 0.649. The molecule has 0 atom stereocenters. The van der Waals surface area contributed by atoms with Crippen molar-refractivity contribution in [2.45, 2.75) is 0 Å². The van der Waals surface area contributed by atoms with Crippen LogP contribution < -0.4 is 10.3 Å². The highest BCUT2D eigenvalue weighted by atomic mass is 16.1. The molecule has 0 aliphatic carbocycles. The summed E-state index contributed by atoms with van der Waals surface area (Å²) in [6.45, 7) is 0. The van der Waals surface area contributed by atoms with Crippen molar-refractivity contribution in [1.82, 2.24) is 15.0 Å². The summed E-state index contributed by atoms with van der Waals surface area (Å²) in [6, 6.07) is 5.52. The molecular weight excluding hydrogens is 194 g/mol. The van der Waals surface area contributed by atoms with Gasteiger partial charge in [-0.2, -0.15) is 4.98 Å². The lowest BCUT2D eigenvalue weighted by molar-refractivity contribution is -0.603. The fourth-order valence-corrected chi connectivity index (χ4v) is 1.06. The molecule has 2 N–H and O–H groups in total. The van der Waals surface area contributed by atoms with Crippen molar-refractivity contribution in [3.8, 4) is 5.95 Å². The number of carbonyl (C=O) groups excluding carboxylic acids is 1. The average molecular weight is 202 g/mol. The van der Waals surface area contributed by atoms with Gasteiger partial charge in [-0.05, 0) is 17.1 Å². The molecule has 0 radical (unpaired) electrons. The van der Waals surface area contributed by atoms with Crippen LogP contribution in [0.5, 0.6) is 0 Å². The van der Waals surface area contributed by atoms with Crippen molar-refractivity contribution in [2.24, 2.45) is 5.73 Å². The number of rotatable bonds is 2. The number of hydrogen-bond donors (Lipinski definition) is 1. The Bertz CT molecular complexity index is 485. The molecule has 6 heteroatoms. The molecule has 15 heavy (non-hydrogen) atoms. The van der Waals surface area contributed by atoms with Gasteiger partial charge in [0.2, 0.25) is 0 Å². The first-order valence-electron chi connectivity index (χ1n) is 4.23. The Morgan fingerprint density at radius 2 is 1.93 bits per heavy atom.